The third-order valence-corrected chi connectivity index (χ3v) is 2.64. The van der Waals surface area contributed by atoms with Crippen molar-refractivity contribution < 1.29 is 9.53 Å². The highest BCUT2D eigenvalue weighted by Gasteiger charge is 2.07. The number of rotatable bonds is 6. The van der Waals surface area contributed by atoms with Crippen LogP contribution >= 0.6 is 0 Å². The van der Waals surface area contributed by atoms with E-state index in [0.29, 0.717) is 25.3 Å². The lowest BCUT2D eigenvalue weighted by atomic mass is 10.3. The summed E-state index contributed by atoms with van der Waals surface area (Å²) in [4.78, 5) is 34.4. The van der Waals surface area contributed by atoms with Crippen molar-refractivity contribution in [3.05, 3.63) is 32.6 Å². The molecule has 0 aliphatic carbocycles. The Balaban J connectivity index is 2.58. The summed E-state index contributed by atoms with van der Waals surface area (Å²) in [5, 5.41) is 2.98. The van der Waals surface area contributed by atoms with Crippen molar-refractivity contribution in [2.75, 3.05) is 13.2 Å². The normalized spacial score (nSPS) is 10.5. The number of nitrogens with zero attached hydrogens (tertiary/aromatic N) is 2. The lowest BCUT2D eigenvalue weighted by Crippen LogP contribution is -2.39. The van der Waals surface area contributed by atoms with E-state index in [-0.39, 0.29) is 23.6 Å². The van der Waals surface area contributed by atoms with Crippen molar-refractivity contribution in [2.45, 2.75) is 19.9 Å². The molecule has 1 rings (SSSR count). The predicted molar refractivity (Wildman–Crippen MR) is 69.9 cm³/mol. The standard InChI is InChI=1S/C12H19N3O4/c1-4-19-10(16)5-6-13-7-9-8-14(2)12(18)15(3)11(9)17/h8,13H,4-7H2,1-3H3. The fourth-order valence-corrected chi connectivity index (χ4v) is 1.65. The van der Waals surface area contributed by atoms with Gasteiger partial charge in [0.15, 0.2) is 0 Å². The molecule has 0 fully saturated rings. The molecule has 0 radical (unpaired) electrons. The number of hydrogen-bond acceptors (Lipinski definition) is 5. The minimum atomic E-state index is -0.361. The highest BCUT2D eigenvalue weighted by molar-refractivity contribution is 5.69. The molecule has 0 spiro atoms. The van der Waals surface area contributed by atoms with Gasteiger partial charge in [-0.15, -0.1) is 0 Å². The van der Waals surface area contributed by atoms with E-state index < -0.39 is 0 Å². The SMILES string of the molecule is CCOC(=O)CCNCc1cn(C)c(=O)n(C)c1=O. The van der Waals surface area contributed by atoms with Gasteiger partial charge in [-0.3, -0.25) is 14.2 Å². The van der Waals surface area contributed by atoms with Gasteiger partial charge in [0, 0.05) is 38.9 Å². The van der Waals surface area contributed by atoms with Gasteiger partial charge in [0.05, 0.1) is 13.0 Å². The van der Waals surface area contributed by atoms with Crippen molar-refractivity contribution in [1.82, 2.24) is 14.5 Å². The molecule has 0 bridgehead atoms. The van der Waals surface area contributed by atoms with Crippen LogP contribution in [0.4, 0.5) is 0 Å². The highest BCUT2D eigenvalue weighted by Crippen LogP contribution is 1.89. The second-order valence-electron chi connectivity index (χ2n) is 4.14. The van der Waals surface area contributed by atoms with E-state index in [4.69, 9.17) is 4.74 Å². The second kappa shape index (κ2) is 6.89. The van der Waals surface area contributed by atoms with Gasteiger partial charge >= 0.3 is 11.7 Å². The van der Waals surface area contributed by atoms with Crippen molar-refractivity contribution in [2.24, 2.45) is 14.1 Å². The summed E-state index contributed by atoms with van der Waals surface area (Å²) in [5.41, 5.74) is -0.208. The van der Waals surface area contributed by atoms with Gasteiger partial charge < -0.3 is 14.6 Å². The van der Waals surface area contributed by atoms with Crippen LogP contribution in [-0.2, 0) is 30.2 Å². The molecule has 1 N–H and O–H groups in total. The van der Waals surface area contributed by atoms with Gasteiger partial charge in [0.25, 0.3) is 5.56 Å². The second-order valence-corrected chi connectivity index (χ2v) is 4.14. The number of esters is 1. The Morgan fingerprint density at radius 2 is 2.05 bits per heavy atom. The van der Waals surface area contributed by atoms with Crippen LogP contribution in [0.3, 0.4) is 0 Å². The third-order valence-electron chi connectivity index (χ3n) is 2.64. The molecule has 106 valence electrons. The number of nitrogens with one attached hydrogen (secondary N) is 1. The first-order chi connectivity index (χ1) is 8.97. The van der Waals surface area contributed by atoms with Crippen LogP contribution in [0.15, 0.2) is 15.8 Å². The largest absolute Gasteiger partial charge is 0.466 e. The zero-order valence-electron chi connectivity index (χ0n) is 11.4. The minimum absolute atomic E-state index is 0.250. The zero-order valence-corrected chi connectivity index (χ0v) is 11.4. The first-order valence-electron chi connectivity index (χ1n) is 6.09. The molecule has 0 saturated heterocycles. The van der Waals surface area contributed by atoms with Gasteiger partial charge in [-0.1, -0.05) is 0 Å². The van der Waals surface area contributed by atoms with Gasteiger partial charge in [0.2, 0.25) is 0 Å². The Hall–Kier alpha value is -1.89. The fraction of sp³-hybridized carbons (Fsp3) is 0.583. The van der Waals surface area contributed by atoms with E-state index in [9.17, 15) is 14.4 Å². The van der Waals surface area contributed by atoms with Gasteiger partial charge in [0.1, 0.15) is 0 Å². The summed E-state index contributed by atoms with van der Waals surface area (Å²) >= 11 is 0. The van der Waals surface area contributed by atoms with Crippen molar-refractivity contribution in [3.8, 4) is 0 Å². The molecule has 0 aliphatic rings. The molecule has 7 heteroatoms. The number of carbonyl (C=O) groups excluding carboxylic acids is 1. The number of hydrogen-bond donors (Lipinski definition) is 1. The molecule has 0 aromatic carbocycles. The number of aromatic nitrogens is 2. The topological polar surface area (TPSA) is 82.3 Å². The van der Waals surface area contributed by atoms with Crippen LogP contribution in [0, 0.1) is 0 Å². The molecule has 7 nitrogen and oxygen atoms in total. The minimum Gasteiger partial charge on any atom is -0.466 e. The van der Waals surface area contributed by atoms with Gasteiger partial charge in [-0.2, -0.15) is 0 Å². The lowest BCUT2D eigenvalue weighted by Gasteiger charge is -2.07. The molecular weight excluding hydrogens is 250 g/mol. The van der Waals surface area contributed by atoms with Crippen LogP contribution in [0.5, 0.6) is 0 Å². The van der Waals surface area contributed by atoms with Gasteiger partial charge in [-0.25, -0.2) is 4.79 Å². The Morgan fingerprint density at radius 1 is 1.37 bits per heavy atom. The summed E-state index contributed by atoms with van der Waals surface area (Å²) in [6, 6.07) is 0. The average Bonchev–Trinajstić information content (AvgIpc) is 2.38. The van der Waals surface area contributed by atoms with Crippen LogP contribution in [0.1, 0.15) is 18.9 Å². The summed E-state index contributed by atoms with van der Waals surface area (Å²) in [5.74, 6) is -0.275. The Morgan fingerprint density at radius 3 is 2.68 bits per heavy atom. The zero-order chi connectivity index (χ0) is 14.4. The summed E-state index contributed by atoms with van der Waals surface area (Å²) in [6.07, 6.45) is 1.75. The molecule has 0 amide bonds. The maximum Gasteiger partial charge on any atom is 0.330 e. The van der Waals surface area contributed by atoms with E-state index in [0.717, 1.165) is 4.57 Å². The van der Waals surface area contributed by atoms with E-state index in [1.807, 2.05) is 0 Å². The molecule has 0 saturated carbocycles. The summed E-state index contributed by atoms with van der Waals surface area (Å²) in [7, 11) is 3.02. The average molecular weight is 269 g/mol. The number of aryl methyl sites for hydroxylation is 1. The Bertz CT molecular complexity index is 559. The third kappa shape index (κ3) is 4.06. The van der Waals surface area contributed by atoms with Crippen molar-refractivity contribution in [3.63, 3.8) is 0 Å². The summed E-state index contributed by atoms with van der Waals surface area (Å²) in [6.45, 7) is 2.84. The van der Waals surface area contributed by atoms with E-state index >= 15 is 0 Å². The molecule has 1 heterocycles. The fourth-order valence-electron chi connectivity index (χ4n) is 1.65. The highest BCUT2D eigenvalue weighted by atomic mass is 16.5. The van der Waals surface area contributed by atoms with Crippen LogP contribution in [0.25, 0.3) is 0 Å². The molecule has 0 unspecified atom stereocenters. The van der Waals surface area contributed by atoms with E-state index in [1.165, 1.54) is 17.8 Å². The molecule has 19 heavy (non-hydrogen) atoms. The van der Waals surface area contributed by atoms with Crippen LogP contribution < -0.4 is 16.6 Å². The molecule has 1 aromatic heterocycles. The first-order valence-corrected chi connectivity index (χ1v) is 6.09. The van der Waals surface area contributed by atoms with E-state index in [2.05, 4.69) is 5.32 Å². The first kappa shape index (κ1) is 15.2. The maximum atomic E-state index is 11.8. The Kier molecular flexibility index (Phi) is 5.50. The number of carbonyl (C=O) groups is 1. The Labute approximate surface area is 110 Å². The van der Waals surface area contributed by atoms with Crippen molar-refractivity contribution in [1.29, 1.82) is 0 Å². The summed E-state index contributed by atoms with van der Waals surface area (Å²) < 4.78 is 7.19. The number of ether oxygens (including phenoxy) is 1. The van der Waals surface area contributed by atoms with Crippen molar-refractivity contribution >= 4 is 5.97 Å². The molecule has 0 atom stereocenters. The molecular formula is C12H19N3O4. The molecule has 0 aliphatic heterocycles. The smallest absolute Gasteiger partial charge is 0.330 e. The van der Waals surface area contributed by atoms with Crippen LogP contribution in [-0.4, -0.2) is 28.3 Å². The van der Waals surface area contributed by atoms with Gasteiger partial charge in [-0.05, 0) is 6.92 Å². The molecule has 1 aromatic rings. The van der Waals surface area contributed by atoms with Crippen LogP contribution in [0.2, 0.25) is 0 Å². The maximum absolute atomic E-state index is 11.8. The predicted octanol–water partition coefficient (Wildman–Crippen LogP) is -0.873. The van der Waals surface area contributed by atoms with E-state index in [1.54, 1.807) is 14.0 Å². The monoisotopic (exact) mass is 269 g/mol. The lowest BCUT2D eigenvalue weighted by molar-refractivity contribution is -0.142. The quantitative estimate of drug-likeness (QED) is 0.536.